The van der Waals surface area contributed by atoms with Crippen LogP contribution in [0, 0.1) is 0 Å². The molecule has 2 aromatic carbocycles. The number of hydrogen-bond donors (Lipinski definition) is 2. The van der Waals surface area contributed by atoms with Crippen LogP contribution in [0.2, 0.25) is 5.02 Å². The molecule has 1 aliphatic rings. The topological polar surface area (TPSA) is 64.3 Å². The van der Waals surface area contributed by atoms with E-state index in [1.165, 1.54) is 0 Å². The third kappa shape index (κ3) is 3.11. The largest absolute Gasteiger partial charge is 0.489 e. The Kier molecular flexibility index (Phi) is 3.71. The summed E-state index contributed by atoms with van der Waals surface area (Å²) in [5.74, 6) is 0.839. The standard InChI is InChI=1S/C16H15ClN2O2/c17-13-4-1-10(7-14(13)18)9-21-12-3-5-15-11(8-12)2-6-16(20)19-15/h1,3-5,7-8H,2,6,9,18H2,(H,19,20). The van der Waals surface area contributed by atoms with E-state index in [4.69, 9.17) is 22.1 Å². The minimum absolute atomic E-state index is 0.0628. The van der Waals surface area contributed by atoms with Crippen LogP contribution in [-0.2, 0) is 17.8 Å². The van der Waals surface area contributed by atoms with Crippen LogP contribution >= 0.6 is 11.6 Å². The molecule has 0 atom stereocenters. The summed E-state index contributed by atoms with van der Waals surface area (Å²) in [4.78, 5) is 11.3. The van der Waals surface area contributed by atoms with E-state index >= 15 is 0 Å². The predicted molar refractivity (Wildman–Crippen MR) is 83.6 cm³/mol. The molecule has 0 saturated carbocycles. The first-order valence-electron chi connectivity index (χ1n) is 6.71. The maximum Gasteiger partial charge on any atom is 0.224 e. The van der Waals surface area contributed by atoms with Crippen molar-refractivity contribution in [3.05, 3.63) is 52.5 Å². The Bertz CT molecular complexity index is 701. The Morgan fingerprint density at radius 2 is 2.05 bits per heavy atom. The van der Waals surface area contributed by atoms with Gasteiger partial charge < -0.3 is 15.8 Å². The van der Waals surface area contributed by atoms with Crippen LogP contribution in [0.25, 0.3) is 0 Å². The van der Waals surface area contributed by atoms with E-state index < -0.39 is 0 Å². The maximum atomic E-state index is 11.3. The van der Waals surface area contributed by atoms with Crippen LogP contribution in [0.1, 0.15) is 17.5 Å². The van der Waals surface area contributed by atoms with Crippen LogP contribution < -0.4 is 15.8 Å². The average molecular weight is 303 g/mol. The van der Waals surface area contributed by atoms with E-state index in [9.17, 15) is 4.79 Å². The van der Waals surface area contributed by atoms with E-state index in [2.05, 4.69) is 5.32 Å². The van der Waals surface area contributed by atoms with Crippen molar-refractivity contribution in [2.24, 2.45) is 0 Å². The summed E-state index contributed by atoms with van der Waals surface area (Å²) in [5.41, 5.74) is 9.24. The number of rotatable bonds is 3. The van der Waals surface area contributed by atoms with Crippen LogP contribution in [-0.4, -0.2) is 5.91 Å². The predicted octanol–water partition coefficient (Wildman–Crippen LogP) is 3.39. The van der Waals surface area contributed by atoms with E-state index in [0.29, 0.717) is 23.7 Å². The molecule has 0 saturated heterocycles. The molecule has 21 heavy (non-hydrogen) atoms. The molecular weight excluding hydrogens is 288 g/mol. The first-order valence-corrected chi connectivity index (χ1v) is 7.09. The fourth-order valence-electron chi connectivity index (χ4n) is 2.30. The van der Waals surface area contributed by atoms with Crippen molar-refractivity contribution in [1.82, 2.24) is 0 Å². The molecule has 0 aliphatic carbocycles. The number of benzene rings is 2. The Balaban J connectivity index is 1.71. The summed E-state index contributed by atoms with van der Waals surface area (Å²) in [5, 5.41) is 3.39. The molecule has 108 valence electrons. The zero-order valence-corrected chi connectivity index (χ0v) is 12.1. The molecule has 3 rings (SSSR count). The van der Waals surface area contributed by atoms with Crippen LogP contribution in [0.3, 0.4) is 0 Å². The summed E-state index contributed by atoms with van der Waals surface area (Å²) in [6, 6.07) is 11.1. The zero-order chi connectivity index (χ0) is 14.8. The molecular formula is C16H15ClN2O2. The average Bonchev–Trinajstić information content (AvgIpc) is 2.48. The van der Waals surface area contributed by atoms with Gasteiger partial charge in [0, 0.05) is 12.1 Å². The second kappa shape index (κ2) is 5.66. The number of ether oxygens (including phenoxy) is 1. The molecule has 0 radical (unpaired) electrons. The lowest BCUT2D eigenvalue weighted by molar-refractivity contribution is -0.116. The van der Waals surface area contributed by atoms with E-state index in [1.807, 2.05) is 24.3 Å². The highest BCUT2D eigenvalue weighted by Gasteiger charge is 2.15. The lowest BCUT2D eigenvalue weighted by Gasteiger charge is -2.17. The molecule has 2 aromatic rings. The third-order valence-electron chi connectivity index (χ3n) is 3.44. The number of nitrogen functional groups attached to an aromatic ring is 1. The summed E-state index contributed by atoms with van der Waals surface area (Å²) in [6.07, 6.45) is 1.26. The van der Waals surface area contributed by atoms with Crippen molar-refractivity contribution in [2.45, 2.75) is 19.4 Å². The molecule has 0 unspecified atom stereocenters. The summed E-state index contributed by atoms with van der Waals surface area (Å²) in [7, 11) is 0. The molecule has 1 aliphatic heterocycles. The van der Waals surface area contributed by atoms with Crippen molar-refractivity contribution in [2.75, 3.05) is 11.1 Å². The number of hydrogen-bond acceptors (Lipinski definition) is 3. The smallest absolute Gasteiger partial charge is 0.224 e. The number of nitrogens with one attached hydrogen (secondary N) is 1. The molecule has 0 bridgehead atoms. The van der Waals surface area contributed by atoms with E-state index in [0.717, 1.165) is 29.0 Å². The summed E-state index contributed by atoms with van der Waals surface area (Å²) < 4.78 is 5.77. The number of carbonyl (C=O) groups excluding carboxylic acids is 1. The molecule has 5 heteroatoms. The number of amides is 1. The van der Waals surface area contributed by atoms with Crippen LogP contribution in [0.15, 0.2) is 36.4 Å². The lowest BCUT2D eigenvalue weighted by atomic mass is 10.0. The molecule has 0 aromatic heterocycles. The van der Waals surface area contributed by atoms with E-state index in [1.54, 1.807) is 12.1 Å². The quantitative estimate of drug-likeness (QED) is 0.854. The van der Waals surface area contributed by atoms with Crippen molar-refractivity contribution >= 4 is 28.9 Å². The minimum Gasteiger partial charge on any atom is -0.489 e. The Morgan fingerprint density at radius 3 is 2.86 bits per heavy atom. The third-order valence-corrected chi connectivity index (χ3v) is 3.78. The normalized spacial score (nSPS) is 13.5. The number of anilines is 2. The van der Waals surface area contributed by atoms with Crippen molar-refractivity contribution < 1.29 is 9.53 Å². The fraction of sp³-hybridized carbons (Fsp3) is 0.188. The van der Waals surface area contributed by atoms with Gasteiger partial charge in [0.05, 0.1) is 10.7 Å². The van der Waals surface area contributed by atoms with Gasteiger partial charge in [-0.25, -0.2) is 0 Å². The first-order chi connectivity index (χ1) is 10.1. The summed E-state index contributed by atoms with van der Waals surface area (Å²) in [6.45, 7) is 0.423. The number of carbonyl (C=O) groups is 1. The van der Waals surface area contributed by atoms with Gasteiger partial charge in [0.1, 0.15) is 12.4 Å². The SMILES string of the molecule is Nc1cc(COc2ccc3c(c2)CCC(=O)N3)ccc1Cl. The molecule has 0 fully saturated rings. The van der Waals surface area contributed by atoms with Gasteiger partial charge in [-0.1, -0.05) is 17.7 Å². The first kappa shape index (κ1) is 13.8. The highest BCUT2D eigenvalue weighted by Crippen LogP contribution is 2.27. The minimum atomic E-state index is 0.0628. The molecule has 4 nitrogen and oxygen atoms in total. The van der Waals surface area contributed by atoms with Crippen LogP contribution in [0.4, 0.5) is 11.4 Å². The van der Waals surface area contributed by atoms with Gasteiger partial charge in [0.2, 0.25) is 5.91 Å². The Morgan fingerprint density at radius 1 is 1.19 bits per heavy atom. The summed E-state index contributed by atoms with van der Waals surface area (Å²) >= 11 is 5.89. The number of aryl methyl sites for hydroxylation is 1. The number of fused-ring (bicyclic) bond motifs is 1. The fourth-order valence-corrected chi connectivity index (χ4v) is 2.42. The van der Waals surface area contributed by atoms with Gasteiger partial charge in [-0.05, 0) is 47.9 Å². The molecule has 1 amide bonds. The second-order valence-electron chi connectivity index (χ2n) is 5.01. The van der Waals surface area contributed by atoms with Gasteiger partial charge in [0.25, 0.3) is 0 Å². The molecule has 3 N–H and O–H groups in total. The van der Waals surface area contributed by atoms with Crippen molar-refractivity contribution in [1.29, 1.82) is 0 Å². The number of halogens is 1. The monoisotopic (exact) mass is 302 g/mol. The van der Waals surface area contributed by atoms with Gasteiger partial charge in [-0.2, -0.15) is 0 Å². The second-order valence-corrected chi connectivity index (χ2v) is 5.42. The Hall–Kier alpha value is -2.20. The van der Waals surface area contributed by atoms with Gasteiger partial charge in [-0.15, -0.1) is 0 Å². The van der Waals surface area contributed by atoms with Gasteiger partial charge in [0.15, 0.2) is 0 Å². The van der Waals surface area contributed by atoms with Crippen molar-refractivity contribution in [3.8, 4) is 5.75 Å². The van der Waals surface area contributed by atoms with Crippen LogP contribution in [0.5, 0.6) is 5.75 Å². The lowest BCUT2D eigenvalue weighted by Crippen LogP contribution is -2.18. The molecule has 1 heterocycles. The molecule has 0 spiro atoms. The van der Waals surface area contributed by atoms with E-state index in [-0.39, 0.29) is 5.91 Å². The highest BCUT2D eigenvalue weighted by atomic mass is 35.5. The van der Waals surface area contributed by atoms with Gasteiger partial charge in [-0.3, -0.25) is 4.79 Å². The van der Waals surface area contributed by atoms with Crippen molar-refractivity contribution in [3.63, 3.8) is 0 Å². The maximum absolute atomic E-state index is 11.3. The zero-order valence-electron chi connectivity index (χ0n) is 11.4. The highest BCUT2D eigenvalue weighted by molar-refractivity contribution is 6.33. The van der Waals surface area contributed by atoms with Gasteiger partial charge >= 0.3 is 0 Å². The Labute approximate surface area is 127 Å². The number of nitrogens with two attached hydrogens (primary N) is 1.